The van der Waals surface area contributed by atoms with Crippen LogP contribution < -0.4 is 10.1 Å². The smallest absolute Gasteiger partial charge is 0.246 e. The number of nitrogens with one attached hydrogen (secondary N) is 1. The van der Waals surface area contributed by atoms with E-state index in [0.717, 1.165) is 30.0 Å². The lowest BCUT2D eigenvalue weighted by atomic mass is 10.0. The minimum absolute atomic E-state index is 0.0181. The van der Waals surface area contributed by atoms with Crippen molar-refractivity contribution in [3.63, 3.8) is 0 Å². The fourth-order valence-electron chi connectivity index (χ4n) is 4.01. The van der Waals surface area contributed by atoms with Crippen molar-refractivity contribution in [3.05, 3.63) is 59.1 Å². The Morgan fingerprint density at radius 1 is 1.15 bits per heavy atom. The molecule has 1 aliphatic heterocycles. The third kappa shape index (κ3) is 5.72. The number of methoxy groups -OCH3 is 1. The van der Waals surface area contributed by atoms with Gasteiger partial charge < -0.3 is 14.8 Å². The molecule has 1 fully saturated rings. The van der Waals surface area contributed by atoms with E-state index in [-0.39, 0.29) is 11.9 Å². The summed E-state index contributed by atoms with van der Waals surface area (Å²) in [6.45, 7) is 5.35. The molecule has 2 atom stereocenters. The SMILES string of the molecule is CCC(C(=O)NCC(c1ccc(OC)cc1)N1CCOCC1)n1nnc(-c2ccc(Cl)cc2)n1. The zero-order valence-electron chi connectivity index (χ0n) is 19.4. The van der Waals surface area contributed by atoms with Gasteiger partial charge in [0.1, 0.15) is 5.75 Å². The number of benzene rings is 2. The molecule has 1 N–H and O–H groups in total. The largest absolute Gasteiger partial charge is 0.497 e. The van der Waals surface area contributed by atoms with E-state index in [4.69, 9.17) is 21.1 Å². The molecule has 180 valence electrons. The Morgan fingerprint density at radius 3 is 2.50 bits per heavy atom. The second kappa shape index (κ2) is 11.4. The van der Waals surface area contributed by atoms with Crippen LogP contribution in [0.3, 0.4) is 0 Å². The van der Waals surface area contributed by atoms with Crippen molar-refractivity contribution in [2.75, 3.05) is 40.0 Å². The number of hydrogen-bond donors (Lipinski definition) is 1. The average molecular weight is 485 g/mol. The van der Waals surface area contributed by atoms with Gasteiger partial charge in [-0.1, -0.05) is 30.7 Å². The lowest BCUT2D eigenvalue weighted by Crippen LogP contribution is -2.45. The van der Waals surface area contributed by atoms with Gasteiger partial charge in [-0.2, -0.15) is 4.80 Å². The average Bonchev–Trinajstić information content (AvgIpc) is 3.36. The van der Waals surface area contributed by atoms with Gasteiger partial charge in [-0.25, -0.2) is 0 Å². The molecule has 2 unspecified atom stereocenters. The molecule has 0 spiro atoms. The van der Waals surface area contributed by atoms with E-state index in [0.29, 0.717) is 37.0 Å². The van der Waals surface area contributed by atoms with Crippen molar-refractivity contribution in [2.24, 2.45) is 0 Å². The third-order valence-electron chi connectivity index (χ3n) is 5.96. The molecule has 10 heteroatoms. The van der Waals surface area contributed by atoms with Crippen molar-refractivity contribution in [3.8, 4) is 17.1 Å². The van der Waals surface area contributed by atoms with Gasteiger partial charge in [0.25, 0.3) is 0 Å². The monoisotopic (exact) mass is 484 g/mol. The van der Waals surface area contributed by atoms with Gasteiger partial charge in [0, 0.05) is 30.2 Å². The van der Waals surface area contributed by atoms with Crippen LogP contribution in [0.1, 0.15) is 31.0 Å². The fraction of sp³-hybridized carbons (Fsp3) is 0.417. The number of halogens is 1. The highest BCUT2D eigenvalue weighted by molar-refractivity contribution is 6.30. The predicted octanol–water partition coefficient (Wildman–Crippen LogP) is 3.14. The highest BCUT2D eigenvalue weighted by atomic mass is 35.5. The number of rotatable bonds is 9. The van der Waals surface area contributed by atoms with Crippen LogP contribution in [0.15, 0.2) is 48.5 Å². The molecule has 4 rings (SSSR count). The van der Waals surface area contributed by atoms with Crippen LogP contribution in [0.4, 0.5) is 0 Å². The first kappa shape index (κ1) is 24.1. The van der Waals surface area contributed by atoms with Gasteiger partial charge in [-0.15, -0.1) is 10.2 Å². The summed E-state index contributed by atoms with van der Waals surface area (Å²) in [5.41, 5.74) is 1.90. The normalized spacial score (nSPS) is 16.1. The van der Waals surface area contributed by atoms with Crippen LogP contribution >= 0.6 is 11.6 Å². The molecule has 1 aromatic heterocycles. The van der Waals surface area contributed by atoms with Gasteiger partial charge in [0.2, 0.25) is 11.7 Å². The number of morpholine rings is 1. The maximum Gasteiger partial charge on any atom is 0.246 e. The summed E-state index contributed by atoms with van der Waals surface area (Å²) in [6, 6.07) is 14.6. The molecular weight excluding hydrogens is 456 g/mol. The highest BCUT2D eigenvalue weighted by Gasteiger charge is 2.26. The standard InChI is InChI=1S/C24H29ClN6O3/c1-3-21(31-28-23(27-29-31)18-4-8-19(25)9-5-18)24(32)26-16-22(30-12-14-34-15-13-30)17-6-10-20(33-2)11-7-17/h4-11,21-22H,3,12-16H2,1-2H3,(H,26,32). The van der Waals surface area contributed by atoms with E-state index in [2.05, 4.69) is 25.6 Å². The Kier molecular flexibility index (Phi) is 8.10. The lowest BCUT2D eigenvalue weighted by Gasteiger charge is -2.35. The minimum atomic E-state index is -0.560. The molecule has 9 nitrogen and oxygen atoms in total. The quantitative estimate of drug-likeness (QED) is 0.498. The van der Waals surface area contributed by atoms with Crippen molar-refractivity contribution >= 4 is 17.5 Å². The predicted molar refractivity (Wildman–Crippen MR) is 129 cm³/mol. The van der Waals surface area contributed by atoms with E-state index in [1.807, 2.05) is 43.3 Å². The molecule has 3 aromatic rings. The molecule has 1 saturated heterocycles. The van der Waals surface area contributed by atoms with Gasteiger partial charge in [-0.05, 0) is 53.6 Å². The Labute approximate surface area is 204 Å². The van der Waals surface area contributed by atoms with Gasteiger partial charge >= 0.3 is 0 Å². The first-order valence-corrected chi connectivity index (χ1v) is 11.8. The Balaban J connectivity index is 1.46. The summed E-state index contributed by atoms with van der Waals surface area (Å²) >= 11 is 5.96. The van der Waals surface area contributed by atoms with Crippen LogP contribution in [0, 0.1) is 0 Å². The fourth-order valence-corrected chi connectivity index (χ4v) is 4.14. The summed E-state index contributed by atoms with van der Waals surface area (Å²) in [7, 11) is 1.65. The maximum absolute atomic E-state index is 13.2. The number of aromatic nitrogens is 4. The van der Waals surface area contributed by atoms with Crippen LogP contribution in [0.5, 0.6) is 5.75 Å². The number of tetrazole rings is 1. The van der Waals surface area contributed by atoms with Crippen molar-refractivity contribution in [2.45, 2.75) is 25.4 Å². The van der Waals surface area contributed by atoms with Crippen LogP contribution in [-0.2, 0) is 9.53 Å². The van der Waals surface area contributed by atoms with Crippen molar-refractivity contribution in [1.82, 2.24) is 30.4 Å². The lowest BCUT2D eigenvalue weighted by molar-refractivity contribution is -0.125. The second-order valence-electron chi connectivity index (χ2n) is 8.05. The summed E-state index contributed by atoms with van der Waals surface area (Å²) in [6.07, 6.45) is 0.535. The number of ether oxygens (including phenoxy) is 2. The molecule has 0 bridgehead atoms. The molecule has 0 aliphatic carbocycles. The van der Waals surface area contributed by atoms with E-state index in [1.165, 1.54) is 4.80 Å². The van der Waals surface area contributed by atoms with Crippen molar-refractivity contribution < 1.29 is 14.3 Å². The molecule has 34 heavy (non-hydrogen) atoms. The molecule has 2 heterocycles. The Hall–Kier alpha value is -3.01. The van der Waals surface area contributed by atoms with Gasteiger partial charge in [-0.3, -0.25) is 9.69 Å². The summed E-state index contributed by atoms with van der Waals surface area (Å²) in [5, 5.41) is 16.5. The van der Waals surface area contributed by atoms with Gasteiger partial charge in [0.15, 0.2) is 6.04 Å². The molecule has 1 amide bonds. The van der Waals surface area contributed by atoms with E-state index in [9.17, 15) is 4.79 Å². The van der Waals surface area contributed by atoms with Crippen LogP contribution in [-0.4, -0.2) is 71.0 Å². The molecular formula is C24H29ClN6O3. The van der Waals surface area contributed by atoms with Crippen molar-refractivity contribution in [1.29, 1.82) is 0 Å². The number of carbonyl (C=O) groups excluding carboxylic acids is 1. The molecule has 0 radical (unpaired) electrons. The summed E-state index contributed by atoms with van der Waals surface area (Å²) in [4.78, 5) is 16.9. The number of nitrogens with zero attached hydrogens (tertiary/aromatic N) is 5. The van der Waals surface area contributed by atoms with Crippen LogP contribution in [0.25, 0.3) is 11.4 Å². The maximum atomic E-state index is 13.2. The topological polar surface area (TPSA) is 94.4 Å². The summed E-state index contributed by atoms with van der Waals surface area (Å²) in [5.74, 6) is 1.11. The molecule has 2 aromatic carbocycles. The van der Waals surface area contributed by atoms with Crippen LogP contribution in [0.2, 0.25) is 5.02 Å². The minimum Gasteiger partial charge on any atom is -0.497 e. The highest BCUT2D eigenvalue weighted by Crippen LogP contribution is 2.24. The van der Waals surface area contributed by atoms with E-state index < -0.39 is 6.04 Å². The number of amides is 1. The number of carbonyl (C=O) groups is 1. The van der Waals surface area contributed by atoms with Gasteiger partial charge in [0.05, 0.1) is 26.4 Å². The first-order chi connectivity index (χ1) is 16.6. The second-order valence-corrected chi connectivity index (χ2v) is 8.48. The molecule has 0 saturated carbocycles. The zero-order chi connectivity index (χ0) is 23.9. The summed E-state index contributed by atoms with van der Waals surface area (Å²) < 4.78 is 10.8. The Morgan fingerprint density at radius 2 is 1.85 bits per heavy atom. The Bertz CT molecular complexity index is 1070. The molecule has 1 aliphatic rings. The van der Waals surface area contributed by atoms with E-state index in [1.54, 1.807) is 19.2 Å². The number of hydrogen-bond acceptors (Lipinski definition) is 7. The van der Waals surface area contributed by atoms with E-state index >= 15 is 0 Å². The zero-order valence-corrected chi connectivity index (χ0v) is 20.1. The first-order valence-electron chi connectivity index (χ1n) is 11.4. The third-order valence-corrected chi connectivity index (χ3v) is 6.21.